The van der Waals surface area contributed by atoms with Gasteiger partial charge in [-0.2, -0.15) is 5.10 Å². The van der Waals surface area contributed by atoms with E-state index < -0.39 is 0 Å². The first-order valence-electron chi connectivity index (χ1n) is 4.66. The van der Waals surface area contributed by atoms with E-state index in [0.29, 0.717) is 6.54 Å². The van der Waals surface area contributed by atoms with Crippen molar-refractivity contribution in [1.82, 2.24) is 20.0 Å². The highest BCUT2D eigenvalue weighted by atomic mass is 16.2. The molecule has 5 heteroatoms. The molecule has 0 atom stereocenters. The molecule has 0 aliphatic carbocycles. The van der Waals surface area contributed by atoms with Crippen LogP contribution in [-0.4, -0.2) is 46.7 Å². The monoisotopic (exact) mass is 194 g/mol. The number of amides is 2. The molecule has 1 aromatic heterocycles. The van der Waals surface area contributed by atoms with E-state index in [1.165, 1.54) is 5.56 Å². The van der Waals surface area contributed by atoms with Crippen LogP contribution < -0.4 is 0 Å². The van der Waals surface area contributed by atoms with Crippen molar-refractivity contribution in [3.05, 3.63) is 17.5 Å². The molecule has 2 rings (SSSR count). The van der Waals surface area contributed by atoms with E-state index in [-0.39, 0.29) is 6.03 Å². The molecular weight excluding hydrogens is 180 g/mol. The molecule has 0 aromatic carbocycles. The second-order valence-electron chi connectivity index (χ2n) is 3.72. The Morgan fingerprint density at radius 3 is 3.14 bits per heavy atom. The first-order valence-corrected chi connectivity index (χ1v) is 4.66. The minimum Gasteiger partial charge on any atom is -0.331 e. The van der Waals surface area contributed by atoms with Gasteiger partial charge in [0.05, 0.1) is 18.4 Å². The molecule has 2 amide bonds. The van der Waals surface area contributed by atoms with Crippen molar-refractivity contribution < 1.29 is 4.79 Å². The average Bonchev–Trinajstić information content (AvgIpc) is 2.62. The third-order valence-corrected chi connectivity index (χ3v) is 2.46. The molecule has 0 spiro atoms. The lowest BCUT2D eigenvalue weighted by atomic mass is 10.1. The number of aromatic amines is 1. The molecule has 76 valence electrons. The fraction of sp³-hybridized carbons (Fsp3) is 0.556. The van der Waals surface area contributed by atoms with E-state index in [2.05, 4.69) is 10.2 Å². The topological polar surface area (TPSA) is 52.2 Å². The second-order valence-corrected chi connectivity index (χ2v) is 3.72. The number of hydrogen-bond donors (Lipinski definition) is 1. The number of rotatable bonds is 0. The highest BCUT2D eigenvalue weighted by Crippen LogP contribution is 2.16. The van der Waals surface area contributed by atoms with E-state index in [1.54, 1.807) is 19.0 Å². The van der Waals surface area contributed by atoms with Crippen molar-refractivity contribution in [2.24, 2.45) is 0 Å². The zero-order valence-electron chi connectivity index (χ0n) is 8.45. The predicted octanol–water partition coefficient (Wildman–Crippen LogP) is 0.449. The molecule has 14 heavy (non-hydrogen) atoms. The van der Waals surface area contributed by atoms with Crippen LogP contribution in [0.1, 0.15) is 11.3 Å². The number of fused-ring (bicyclic) bond motifs is 1. The van der Waals surface area contributed by atoms with E-state index in [1.807, 2.05) is 11.1 Å². The largest absolute Gasteiger partial charge is 0.331 e. The van der Waals surface area contributed by atoms with Crippen LogP contribution in [-0.2, 0) is 13.0 Å². The summed E-state index contributed by atoms with van der Waals surface area (Å²) in [6.07, 6.45) is 2.73. The van der Waals surface area contributed by atoms with Crippen molar-refractivity contribution in [2.45, 2.75) is 13.0 Å². The SMILES string of the molecule is CN(C)C(=O)N1CCc2cn[nH]c2C1. The maximum absolute atomic E-state index is 11.6. The van der Waals surface area contributed by atoms with Crippen molar-refractivity contribution in [1.29, 1.82) is 0 Å². The van der Waals surface area contributed by atoms with Crippen LogP contribution in [0.15, 0.2) is 6.20 Å². The number of carbonyl (C=O) groups is 1. The Labute approximate surface area is 82.7 Å². The summed E-state index contributed by atoms with van der Waals surface area (Å²) in [5.74, 6) is 0. The average molecular weight is 194 g/mol. The molecule has 1 aromatic rings. The molecule has 5 nitrogen and oxygen atoms in total. The third kappa shape index (κ3) is 1.45. The number of nitrogens with one attached hydrogen (secondary N) is 1. The molecule has 0 unspecified atom stereocenters. The molecule has 1 aliphatic rings. The van der Waals surface area contributed by atoms with Crippen LogP contribution in [0.5, 0.6) is 0 Å². The van der Waals surface area contributed by atoms with Crippen LogP contribution in [0.3, 0.4) is 0 Å². The molecule has 1 N–H and O–H groups in total. The van der Waals surface area contributed by atoms with Gasteiger partial charge in [-0.15, -0.1) is 0 Å². The fourth-order valence-corrected chi connectivity index (χ4v) is 1.66. The number of H-pyrrole nitrogens is 1. The van der Waals surface area contributed by atoms with Gasteiger partial charge in [0.25, 0.3) is 0 Å². The van der Waals surface area contributed by atoms with Gasteiger partial charge in [0.1, 0.15) is 0 Å². The van der Waals surface area contributed by atoms with E-state index in [0.717, 1.165) is 18.7 Å². The first-order chi connectivity index (χ1) is 6.68. The van der Waals surface area contributed by atoms with Gasteiger partial charge in [0, 0.05) is 20.6 Å². The van der Waals surface area contributed by atoms with Crippen molar-refractivity contribution in [2.75, 3.05) is 20.6 Å². The van der Waals surface area contributed by atoms with Crippen LogP contribution >= 0.6 is 0 Å². The van der Waals surface area contributed by atoms with Gasteiger partial charge in [-0.25, -0.2) is 4.79 Å². The van der Waals surface area contributed by atoms with Crippen molar-refractivity contribution >= 4 is 6.03 Å². The summed E-state index contributed by atoms with van der Waals surface area (Å²) in [7, 11) is 3.54. The predicted molar refractivity (Wildman–Crippen MR) is 51.8 cm³/mol. The Morgan fingerprint density at radius 2 is 2.43 bits per heavy atom. The number of nitrogens with zero attached hydrogens (tertiary/aromatic N) is 3. The van der Waals surface area contributed by atoms with Gasteiger partial charge < -0.3 is 9.80 Å². The zero-order chi connectivity index (χ0) is 10.1. The third-order valence-electron chi connectivity index (χ3n) is 2.46. The standard InChI is InChI=1S/C9H14N4O/c1-12(2)9(14)13-4-3-7-5-10-11-8(7)6-13/h5H,3-4,6H2,1-2H3,(H,10,11). The fourth-order valence-electron chi connectivity index (χ4n) is 1.66. The lowest BCUT2D eigenvalue weighted by molar-refractivity contribution is 0.165. The summed E-state index contributed by atoms with van der Waals surface area (Å²) >= 11 is 0. The van der Waals surface area contributed by atoms with Gasteiger partial charge in [-0.05, 0) is 12.0 Å². The van der Waals surface area contributed by atoms with E-state index in [9.17, 15) is 4.79 Å². The lowest BCUT2D eigenvalue weighted by Gasteiger charge is -2.28. The summed E-state index contributed by atoms with van der Waals surface area (Å²) in [6.45, 7) is 1.43. The number of hydrogen-bond acceptors (Lipinski definition) is 2. The van der Waals surface area contributed by atoms with Crippen LogP contribution in [0, 0.1) is 0 Å². The van der Waals surface area contributed by atoms with Crippen molar-refractivity contribution in [3.8, 4) is 0 Å². The minimum absolute atomic E-state index is 0.0604. The van der Waals surface area contributed by atoms with Crippen LogP contribution in [0.2, 0.25) is 0 Å². The quantitative estimate of drug-likeness (QED) is 0.652. The van der Waals surface area contributed by atoms with Crippen LogP contribution in [0.25, 0.3) is 0 Å². The smallest absolute Gasteiger partial charge is 0.319 e. The molecule has 0 bridgehead atoms. The van der Waals surface area contributed by atoms with Gasteiger partial charge in [-0.3, -0.25) is 5.10 Å². The number of carbonyl (C=O) groups excluding carboxylic acids is 1. The summed E-state index contributed by atoms with van der Waals surface area (Å²) in [6, 6.07) is 0.0604. The normalized spacial score (nSPS) is 15.1. The minimum atomic E-state index is 0.0604. The van der Waals surface area contributed by atoms with E-state index >= 15 is 0 Å². The highest BCUT2D eigenvalue weighted by Gasteiger charge is 2.22. The maximum Gasteiger partial charge on any atom is 0.319 e. The Morgan fingerprint density at radius 1 is 1.64 bits per heavy atom. The Balaban J connectivity index is 2.11. The number of urea groups is 1. The van der Waals surface area contributed by atoms with Crippen LogP contribution in [0.4, 0.5) is 4.79 Å². The van der Waals surface area contributed by atoms with Gasteiger partial charge in [0.15, 0.2) is 0 Å². The first kappa shape index (κ1) is 9.05. The molecule has 0 radical (unpaired) electrons. The van der Waals surface area contributed by atoms with Crippen molar-refractivity contribution in [3.63, 3.8) is 0 Å². The molecule has 0 saturated heterocycles. The molecule has 0 saturated carbocycles. The van der Waals surface area contributed by atoms with E-state index in [4.69, 9.17) is 0 Å². The second kappa shape index (κ2) is 3.32. The lowest BCUT2D eigenvalue weighted by Crippen LogP contribution is -2.42. The summed E-state index contributed by atoms with van der Waals surface area (Å²) in [4.78, 5) is 15.1. The maximum atomic E-state index is 11.6. The zero-order valence-corrected chi connectivity index (χ0v) is 8.45. The van der Waals surface area contributed by atoms with Gasteiger partial charge in [0.2, 0.25) is 0 Å². The van der Waals surface area contributed by atoms with Gasteiger partial charge in [-0.1, -0.05) is 0 Å². The molecule has 1 aliphatic heterocycles. The molecule has 0 fully saturated rings. The Kier molecular flexibility index (Phi) is 2.15. The Bertz CT molecular complexity index is 344. The molecule has 2 heterocycles. The summed E-state index contributed by atoms with van der Waals surface area (Å²) in [5, 5.41) is 6.88. The molecular formula is C9H14N4O. The Hall–Kier alpha value is -1.52. The highest BCUT2D eigenvalue weighted by molar-refractivity contribution is 5.74. The number of aromatic nitrogens is 2. The van der Waals surface area contributed by atoms with Gasteiger partial charge >= 0.3 is 6.03 Å². The summed E-state index contributed by atoms with van der Waals surface area (Å²) in [5.41, 5.74) is 2.29. The summed E-state index contributed by atoms with van der Waals surface area (Å²) < 4.78 is 0.